The number of hydrogen-bond donors (Lipinski definition) is 1. The van der Waals surface area contributed by atoms with Gasteiger partial charge < -0.3 is 10.1 Å². The smallest absolute Gasteiger partial charge is 0.138 e. The second-order valence-electron chi connectivity index (χ2n) is 5.45. The van der Waals surface area contributed by atoms with Crippen LogP contribution in [-0.4, -0.2) is 17.6 Å². The number of ether oxygens (including phenoxy) is 1. The maximum atomic E-state index is 5.69. The summed E-state index contributed by atoms with van der Waals surface area (Å²) in [6.45, 7) is 8.19. The lowest BCUT2D eigenvalue weighted by molar-refractivity contribution is 0.241. The Bertz CT molecular complexity index is 549. The lowest BCUT2D eigenvalue weighted by atomic mass is 10.1. The van der Waals surface area contributed by atoms with E-state index in [9.17, 15) is 0 Å². The monoisotopic (exact) mass is 284 g/mol. The Kier molecular flexibility index (Phi) is 5.76. The molecular weight excluding hydrogens is 260 g/mol. The highest BCUT2D eigenvalue weighted by Gasteiger charge is 2.03. The molecule has 0 spiro atoms. The summed E-state index contributed by atoms with van der Waals surface area (Å²) in [5.41, 5.74) is 3.55. The summed E-state index contributed by atoms with van der Waals surface area (Å²) in [7, 11) is 0. The fourth-order valence-corrected chi connectivity index (χ4v) is 2.14. The second kappa shape index (κ2) is 7.79. The van der Waals surface area contributed by atoms with E-state index in [0.29, 0.717) is 0 Å². The highest BCUT2D eigenvalue weighted by atomic mass is 16.5. The van der Waals surface area contributed by atoms with E-state index < -0.39 is 0 Å². The molecule has 2 rings (SSSR count). The average Bonchev–Trinajstić information content (AvgIpc) is 2.48. The topological polar surface area (TPSA) is 34.2 Å². The van der Waals surface area contributed by atoms with Crippen LogP contribution in [0.4, 0.5) is 0 Å². The molecule has 1 N–H and O–H groups in total. The number of aromatic nitrogens is 1. The van der Waals surface area contributed by atoms with E-state index in [1.165, 1.54) is 5.56 Å². The summed E-state index contributed by atoms with van der Waals surface area (Å²) in [5, 5.41) is 3.41. The van der Waals surface area contributed by atoms with Crippen LogP contribution in [0.5, 0.6) is 5.75 Å². The van der Waals surface area contributed by atoms with Crippen molar-refractivity contribution in [3.63, 3.8) is 0 Å². The van der Waals surface area contributed by atoms with Gasteiger partial charge in [0.05, 0.1) is 12.3 Å². The molecule has 0 aliphatic rings. The summed E-state index contributed by atoms with van der Waals surface area (Å²) in [6, 6.07) is 10.6. The molecule has 0 radical (unpaired) electrons. The SMILES string of the molecule is CCCNCc1ccc(-c2cncc(OC(C)C)c2)cc1. The molecule has 21 heavy (non-hydrogen) atoms. The summed E-state index contributed by atoms with van der Waals surface area (Å²) >= 11 is 0. The number of nitrogens with one attached hydrogen (secondary N) is 1. The van der Waals surface area contributed by atoms with Crippen molar-refractivity contribution in [2.75, 3.05) is 6.54 Å². The van der Waals surface area contributed by atoms with Gasteiger partial charge in [-0.1, -0.05) is 31.2 Å². The number of rotatable bonds is 7. The van der Waals surface area contributed by atoms with Crippen molar-refractivity contribution in [3.8, 4) is 16.9 Å². The van der Waals surface area contributed by atoms with Crippen molar-refractivity contribution in [1.82, 2.24) is 10.3 Å². The third kappa shape index (κ3) is 4.87. The van der Waals surface area contributed by atoms with E-state index in [1.54, 1.807) is 6.20 Å². The summed E-state index contributed by atoms with van der Waals surface area (Å²) < 4.78 is 5.69. The molecule has 2 aromatic rings. The molecule has 0 saturated heterocycles. The Labute approximate surface area is 127 Å². The van der Waals surface area contributed by atoms with Crippen molar-refractivity contribution < 1.29 is 4.74 Å². The number of hydrogen-bond acceptors (Lipinski definition) is 3. The molecule has 0 unspecified atom stereocenters. The van der Waals surface area contributed by atoms with Gasteiger partial charge in [0.2, 0.25) is 0 Å². The van der Waals surface area contributed by atoms with Gasteiger partial charge in [0, 0.05) is 18.3 Å². The van der Waals surface area contributed by atoms with E-state index in [1.807, 2.05) is 26.1 Å². The molecule has 1 heterocycles. The highest BCUT2D eigenvalue weighted by molar-refractivity contribution is 5.64. The number of benzene rings is 1. The third-order valence-corrected chi connectivity index (χ3v) is 3.13. The van der Waals surface area contributed by atoms with Gasteiger partial charge in [-0.2, -0.15) is 0 Å². The summed E-state index contributed by atoms with van der Waals surface area (Å²) in [4.78, 5) is 4.26. The molecule has 3 nitrogen and oxygen atoms in total. The molecule has 0 aliphatic carbocycles. The Hall–Kier alpha value is -1.87. The lowest BCUT2D eigenvalue weighted by Gasteiger charge is -2.10. The Morgan fingerprint density at radius 1 is 1.10 bits per heavy atom. The van der Waals surface area contributed by atoms with Crippen LogP contribution in [0.2, 0.25) is 0 Å². The molecule has 0 atom stereocenters. The zero-order valence-corrected chi connectivity index (χ0v) is 13.1. The number of pyridine rings is 1. The van der Waals surface area contributed by atoms with Gasteiger partial charge >= 0.3 is 0 Å². The van der Waals surface area contributed by atoms with E-state index in [-0.39, 0.29) is 6.10 Å². The maximum Gasteiger partial charge on any atom is 0.138 e. The molecule has 112 valence electrons. The minimum Gasteiger partial charge on any atom is -0.489 e. The van der Waals surface area contributed by atoms with Crippen molar-refractivity contribution in [2.45, 2.75) is 39.8 Å². The second-order valence-corrected chi connectivity index (χ2v) is 5.45. The van der Waals surface area contributed by atoms with Crippen molar-refractivity contribution in [2.24, 2.45) is 0 Å². The predicted octanol–water partition coefficient (Wildman–Crippen LogP) is 4.04. The molecule has 1 aromatic carbocycles. The van der Waals surface area contributed by atoms with Crippen LogP contribution in [0.1, 0.15) is 32.8 Å². The van der Waals surface area contributed by atoms with E-state index in [2.05, 4.69) is 41.5 Å². The molecule has 0 fully saturated rings. The van der Waals surface area contributed by atoms with Crippen molar-refractivity contribution >= 4 is 0 Å². The minimum absolute atomic E-state index is 0.161. The molecule has 0 bridgehead atoms. The minimum atomic E-state index is 0.161. The number of nitrogens with zero attached hydrogens (tertiary/aromatic N) is 1. The van der Waals surface area contributed by atoms with Gasteiger partial charge in [0.25, 0.3) is 0 Å². The molecule has 0 aliphatic heterocycles. The summed E-state index contributed by atoms with van der Waals surface area (Å²) in [5.74, 6) is 0.816. The Morgan fingerprint density at radius 3 is 2.52 bits per heavy atom. The first-order valence-electron chi connectivity index (χ1n) is 7.60. The van der Waals surface area contributed by atoms with Crippen LogP contribution in [0.15, 0.2) is 42.7 Å². The predicted molar refractivity (Wildman–Crippen MR) is 87.4 cm³/mol. The first-order valence-corrected chi connectivity index (χ1v) is 7.60. The molecular formula is C18H24N2O. The Balaban J connectivity index is 2.07. The van der Waals surface area contributed by atoms with Gasteiger partial charge in [-0.15, -0.1) is 0 Å². The standard InChI is InChI=1S/C18H24N2O/c1-4-9-19-11-15-5-7-16(8-6-15)17-10-18(13-20-12-17)21-14(2)3/h5-8,10,12-14,19H,4,9,11H2,1-3H3. The highest BCUT2D eigenvalue weighted by Crippen LogP contribution is 2.23. The Morgan fingerprint density at radius 2 is 1.86 bits per heavy atom. The first kappa shape index (κ1) is 15.5. The van der Waals surface area contributed by atoms with Crippen molar-refractivity contribution in [3.05, 3.63) is 48.3 Å². The molecule has 0 saturated carbocycles. The first-order chi connectivity index (χ1) is 10.2. The van der Waals surface area contributed by atoms with E-state index in [4.69, 9.17) is 4.74 Å². The van der Waals surface area contributed by atoms with Gasteiger partial charge in [0.15, 0.2) is 0 Å². The normalized spacial score (nSPS) is 10.9. The fourth-order valence-electron chi connectivity index (χ4n) is 2.14. The molecule has 0 amide bonds. The van der Waals surface area contributed by atoms with Crippen molar-refractivity contribution in [1.29, 1.82) is 0 Å². The summed E-state index contributed by atoms with van der Waals surface area (Å²) in [6.07, 6.45) is 4.95. The van der Waals surface area contributed by atoms with E-state index in [0.717, 1.165) is 36.4 Å². The third-order valence-electron chi connectivity index (χ3n) is 3.13. The quantitative estimate of drug-likeness (QED) is 0.779. The van der Waals surface area contributed by atoms with Crippen LogP contribution >= 0.6 is 0 Å². The van der Waals surface area contributed by atoms with Gasteiger partial charge in [-0.3, -0.25) is 4.98 Å². The van der Waals surface area contributed by atoms with Crippen LogP contribution in [0.25, 0.3) is 11.1 Å². The average molecular weight is 284 g/mol. The largest absolute Gasteiger partial charge is 0.489 e. The van der Waals surface area contributed by atoms with Gasteiger partial charge in [-0.25, -0.2) is 0 Å². The van der Waals surface area contributed by atoms with Crippen LogP contribution in [0.3, 0.4) is 0 Å². The van der Waals surface area contributed by atoms with E-state index >= 15 is 0 Å². The van der Waals surface area contributed by atoms with Crippen LogP contribution in [-0.2, 0) is 6.54 Å². The maximum absolute atomic E-state index is 5.69. The van der Waals surface area contributed by atoms with Crippen LogP contribution in [0, 0.1) is 0 Å². The lowest BCUT2D eigenvalue weighted by Crippen LogP contribution is -2.13. The van der Waals surface area contributed by atoms with Crippen LogP contribution < -0.4 is 10.1 Å². The van der Waals surface area contributed by atoms with Gasteiger partial charge in [0.1, 0.15) is 5.75 Å². The molecule has 1 aromatic heterocycles. The van der Waals surface area contributed by atoms with Gasteiger partial charge in [-0.05, 0) is 44.0 Å². The fraction of sp³-hybridized carbons (Fsp3) is 0.389. The zero-order valence-electron chi connectivity index (χ0n) is 13.1. The zero-order chi connectivity index (χ0) is 15.1. The molecule has 3 heteroatoms.